The molecule has 0 atom stereocenters. The fourth-order valence-electron chi connectivity index (χ4n) is 4.62. The Labute approximate surface area is 167 Å². The summed E-state index contributed by atoms with van der Waals surface area (Å²) in [5, 5.41) is 12.2. The summed E-state index contributed by atoms with van der Waals surface area (Å²) in [5.41, 5.74) is 0. The fraction of sp³-hybridized carbons (Fsp3) is 0.200. The maximum absolute atomic E-state index is 5.93. The zero-order valence-corrected chi connectivity index (χ0v) is 17.8. The molecule has 0 heterocycles. The molecule has 0 aromatic heterocycles. The predicted molar refractivity (Wildman–Crippen MR) is 123 cm³/mol. The molecule has 0 aliphatic heterocycles. The number of benzene rings is 5. The van der Waals surface area contributed by atoms with Gasteiger partial charge >= 0.3 is 0 Å². The first-order valence-electron chi connectivity index (χ1n) is 10.1. The fourth-order valence-corrected chi connectivity index (χ4v) is 6.51. The smallest absolute Gasteiger partial charge is 0.139 e. The maximum Gasteiger partial charge on any atom is 0.139 e. The van der Waals surface area contributed by atoms with Gasteiger partial charge in [0.1, 0.15) is 15.4 Å². The van der Waals surface area contributed by atoms with Gasteiger partial charge in [0, 0.05) is 13.2 Å². The molecule has 0 spiro atoms. The Morgan fingerprint density at radius 1 is 0.643 bits per heavy atom. The largest absolute Gasteiger partial charge is 0.357 e. The highest BCUT2D eigenvalue weighted by atomic mass is 28.2. The van der Waals surface area contributed by atoms with E-state index in [0.717, 1.165) is 0 Å². The van der Waals surface area contributed by atoms with Crippen molar-refractivity contribution < 1.29 is 9.47 Å². The highest BCUT2D eigenvalue weighted by molar-refractivity contribution is 6.60. The highest BCUT2D eigenvalue weighted by Crippen LogP contribution is 2.39. The molecule has 2 nitrogen and oxygen atoms in total. The summed E-state index contributed by atoms with van der Waals surface area (Å²) in [5.74, 6) is -0.0766. The van der Waals surface area contributed by atoms with E-state index in [1.54, 1.807) is 0 Å². The van der Waals surface area contributed by atoms with Crippen molar-refractivity contribution in [3.63, 3.8) is 0 Å². The molecule has 5 aromatic carbocycles. The average molecular weight is 385 g/mol. The van der Waals surface area contributed by atoms with Crippen molar-refractivity contribution >= 4 is 57.8 Å². The lowest BCUT2D eigenvalue weighted by atomic mass is 9.90. The Hall–Kier alpha value is -2.46. The minimum absolute atomic E-state index is 0.0766. The number of hydrogen-bond acceptors (Lipinski definition) is 2. The molecule has 5 rings (SSSR count). The van der Waals surface area contributed by atoms with E-state index in [4.69, 9.17) is 9.47 Å². The van der Waals surface area contributed by atoms with Gasteiger partial charge in [0.05, 0.1) is 0 Å². The summed E-state index contributed by atoms with van der Waals surface area (Å²) in [6, 6.07) is 24.6. The molecule has 5 aromatic rings. The molecule has 0 aliphatic carbocycles. The summed E-state index contributed by atoms with van der Waals surface area (Å²) in [6.45, 7) is 5.45. The average Bonchev–Trinajstić information content (AvgIpc) is 2.73. The van der Waals surface area contributed by atoms with Crippen molar-refractivity contribution in [2.45, 2.75) is 19.8 Å². The zero-order chi connectivity index (χ0) is 19.1. The van der Waals surface area contributed by atoms with Crippen LogP contribution in [-0.2, 0) is 9.47 Å². The minimum Gasteiger partial charge on any atom is -0.357 e. The number of ether oxygens (including phenoxy) is 2. The molecule has 140 valence electrons. The molecule has 0 amide bonds. The van der Waals surface area contributed by atoms with E-state index in [2.05, 4.69) is 66.7 Å². The molecule has 0 saturated heterocycles. The Morgan fingerprint density at radius 2 is 1.21 bits per heavy atom. The van der Waals surface area contributed by atoms with Crippen LogP contribution in [0.5, 0.6) is 0 Å². The van der Waals surface area contributed by atoms with Gasteiger partial charge in [0.25, 0.3) is 0 Å². The summed E-state index contributed by atoms with van der Waals surface area (Å²) < 4.78 is 11.9. The van der Waals surface area contributed by atoms with Crippen molar-refractivity contribution in [2.75, 3.05) is 13.2 Å². The number of rotatable bonds is 6. The van der Waals surface area contributed by atoms with Crippen molar-refractivity contribution in [1.29, 1.82) is 0 Å². The lowest BCUT2D eigenvalue weighted by Crippen LogP contribution is -2.33. The molecular weight excluding hydrogens is 360 g/mol. The Bertz CT molecular complexity index is 1270. The summed E-state index contributed by atoms with van der Waals surface area (Å²) in [7, 11) is -0.769. The summed E-state index contributed by atoms with van der Waals surface area (Å²) in [4.78, 5) is 0. The summed E-state index contributed by atoms with van der Waals surface area (Å²) >= 11 is 0. The molecule has 3 heteroatoms. The quantitative estimate of drug-likeness (QED) is 0.180. The van der Waals surface area contributed by atoms with Crippen LogP contribution in [0.25, 0.3) is 43.1 Å². The van der Waals surface area contributed by atoms with E-state index in [0.29, 0.717) is 13.2 Å². The van der Waals surface area contributed by atoms with Gasteiger partial charge in [0.15, 0.2) is 0 Å². The van der Waals surface area contributed by atoms with E-state index in [1.165, 1.54) is 48.3 Å². The van der Waals surface area contributed by atoms with Crippen LogP contribution in [0.15, 0.2) is 66.7 Å². The van der Waals surface area contributed by atoms with Gasteiger partial charge < -0.3 is 9.47 Å². The third-order valence-electron chi connectivity index (χ3n) is 5.69. The Balaban J connectivity index is 1.89. The molecular formula is C25H24O2Si. The van der Waals surface area contributed by atoms with Gasteiger partial charge in [-0.1, -0.05) is 71.9 Å². The molecule has 0 saturated carbocycles. The first-order chi connectivity index (χ1) is 13.8. The Morgan fingerprint density at radius 3 is 1.86 bits per heavy atom. The van der Waals surface area contributed by atoms with Gasteiger partial charge in [-0.25, -0.2) is 0 Å². The number of fused-ring (bicyclic) bond motifs is 2. The SMILES string of the molecule is CCOC(OCC)[SiH2]c1ccc2cccc3c4cccc5cccc(c1c23)c54. The van der Waals surface area contributed by atoms with Crippen LogP contribution in [0.4, 0.5) is 0 Å². The van der Waals surface area contributed by atoms with E-state index in [9.17, 15) is 0 Å². The van der Waals surface area contributed by atoms with Crippen LogP contribution in [-0.4, -0.2) is 28.6 Å². The van der Waals surface area contributed by atoms with E-state index < -0.39 is 9.52 Å². The van der Waals surface area contributed by atoms with Crippen molar-refractivity contribution in [3.05, 3.63) is 66.7 Å². The molecule has 0 aliphatic rings. The normalized spacial score (nSPS) is 12.7. The molecule has 0 N–H and O–H groups in total. The topological polar surface area (TPSA) is 18.5 Å². The highest BCUT2D eigenvalue weighted by Gasteiger charge is 2.18. The first-order valence-corrected chi connectivity index (χ1v) is 11.6. The third-order valence-corrected chi connectivity index (χ3v) is 7.52. The van der Waals surface area contributed by atoms with Crippen LogP contribution in [0.2, 0.25) is 0 Å². The van der Waals surface area contributed by atoms with Crippen LogP contribution >= 0.6 is 0 Å². The second-order valence-electron chi connectivity index (χ2n) is 7.26. The van der Waals surface area contributed by atoms with Crippen molar-refractivity contribution in [3.8, 4) is 0 Å². The second kappa shape index (κ2) is 7.17. The van der Waals surface area contributed by atoms with E-state index >= 15 is 0 Å². The van der Waals surface area contributed by atoms with Gasteiger partial charge in [-0.2, -0.15) is 0 Å². The van der Waals surface area contributed by atoms with Crippen LogP contribution in [0, 0.1) is 0 Å². The van der Waals surface area contributed by atoms with E-state index in [-0.39, 0.29) is 5.91 Å². The second-order valence-corrected chi connectivity index (χ2v) is 9.09. The molecule has 0 radical (unpaired) electrons. The minimum atomic E-state index is -0.769. The lowest BCUT2D eigenvalue weighted by Gasteiger charge is -2.20. The standard InChI is InChI=1S/C25H24O2Si/c1-3-26-25(27-4-2)28-21-15-14-17-10-6-12-19-18-11-5-8-16-9-7-13-20(22(16)18)24(21)23(17)19/h5-15,25H,3-4,28H2,1-2H3. The van der Waals surface area contributed by atoms with Gasteiger partial charge in [-0.05, 0) is 56.9 Å². The molecule has 0 unspecified atom stereocenters. The lowest BCUT2D eigenvalue weighted by molar-refractivity contribution is -0.0817. The predicted octanol–water partition coefficient (Wildman–Crippen LogP) is 4.89. The molecule has 0 fully saturated rings. The van der Waals surface area contributed by atoms with Gasteiger partial charge in [-0.15, -0.1) is 0 Å². The van der Waals surface area contributed by atoms with Crippen molar-refractivity contribution in [1.82, 2.24) is 0 Å². The van der Waals surface area contributed by atoms with Crippen LogP contribution < -0.4 is 5.19 Å². The molecule has 28 heavy (non-hydrogen) atoms. The van der Waals surface area contributed by atoms with Crippen molar-refractivity contribution in [2.24, 2.45) is 0 Å². The molecule has 0 bridgehead atoms. The maximum atomic E-state index is 5.93. The van der Waals surface area contributed by atoms with Crippen LogP contribution in [0.1, 0.15) is 13.8 Å². The van der Waals surface area contributed by atoms with Crippen LogP contribution in [0.3, 0.4) is 0 Å². The first kappa shape index (κ1) is 17.6. The number of hydrogen-bond donors (Lipinski definition) is 0. The van der Waals surface area contributed by atoms with Gasteiger partial charge in [-0.3, -0.25) is 0 Å². The monoisotopic (exact) mass is 384 g/mol. The third kappa shape index (κ3) is 2.70. The zero-order valence-electron chi connectivity index (χ0n) is 16.4. The van der Waals surface area contributed by atoms with Gasteiger partial charge in [0.2, 0.25) is 0 Å². The summed E-state index contributed by atoms with van der Waals surface area (Å²) in [6.07, 6.45) is 0. The Kier molecular flexibility index (Phi) is 4.51. The van der Waals surface area contributed by atoms with E-state index in [1.807, 2.05) is 13.8 Å².